The van der Waals surface area contributed by atoms with Crippen LogP contribution in [0.15, 0.2) is 60.7 Å². The highest BCUT2D eigenvalue weighted by Crippen LogP contribution is 2.07. The summed E-state index contributed by atoms with van der Waals surface area (Å²) >= 11 is 0. The predicted octanol–water partition coefficient (Wildman–Crippen LogP) is 6.76. The quantitative estimate of drug-likeness (QED) is 0.581. The molecule has 0 heterocycles. The third-order valence-electron chi connectivity index (χ3n) is 2.44. The van der Waals surface area contributed by atoms with Crippen molar-refractivity contribution in [3.63, 3.8) is 0 Å². The first-order chi connectivity index (χ1) is 13.2. The highest BCUT2D eigenvalue weighted by atomic mass is 16.2. The molecule has 2 rings (SSSR count). The highest BCUT2D eigenvalue weighted by molar-refractivity contribution is 6.08. The molecule has 2 aromatic rings. The van der Waals surface area contributed by atoms with Crippen molar-refractivity contribution in [3.05, 3.63) is 60.7 Å². The molecule has 4 nitrogen and oxygen atoms in total. The predicted molar refractivity (Wildman–Crippen MR) is 120 cm³/mol. The third-order valence-corrected chi connectivity index (χ3v) is 2.44. The number of anilines is 2. The Morgan fingerprint density at radius 1 is 0.556 bits per heavy atom. The van der Waals surface area contributed by atoms with Crippen LogP contribution in [0.1, 0.15) is 61.8 Å². The summed E-state index contributed by atoms with van der Waals surface area (Å²) in [6, 6.07) is 18.1. The van der Waals surface area contributed by atoms with Gasteiger partial charge in [0.1, 0.15) is 6.42 Å². The normalized spacial score (nSPS) is 7.70. The molecule has 0 aliphatic heterocycles. The second-order valence-electron chi connectivity index (χ2n) is 4.01. The summed E-state index contributed by atoms with van der Waals surface area (Å²) in [5.74, 6) is -0.667. The zero-order valence-corrected chi connectivity index (χ0v) is 18.3. The van der Waals surface area contributed by atoms with Crippen LogP contribution in [-0.2, 0) is 9.59 Å². The Kier molecular flexibility index (Phi) is 25.2. The summed E-state index contributed by atoms with van der Waals surface area (Å²) in [4.78, 5) is 23.3. The van der Waals surface area contributed by atoms with Crippen LogP contribution < -0.4 is 10.6 Å². The number of hydrogen-bond acceptors (Lipinski definition) is 2. The topological polar surface area (TPSA) is 58.2 Å². The molecule has 0 saturated heterocycles. The molecule has 2 amide bonds. The minimum absolute atomic E-state index is 0.205. The molecule has 152 valence electrons. The maximum absolute atomic E-state index is 11.6. The molecular formula is C23H38N2O2. The second-order valence-corrected chi connectivity index (χ2v) is 4.01. The van der Waals surface area contributed by atoms with Gasteiger partial charge in [0.25, 0.3) is 0 Å². The van der Waals surface area contributed by atoms with E-state index >= 15 is 0 Å². The van der Waals surface area contributed by atoms with Crippen molar-refractivity contribution in [2.45, 2.75) is 61.8 Å². The molecule has 0 saturated carbocycles. The summed E-state index contributed by atoms with van der Waals surface area (Å²) in [5.41, 5.74) is 1.36. The first-order valence-corrected chi connectivity index (χ1v) is 9.94. The summed E-state index contributed by atoms with van der Waals surface area (Å²) in [5, 5.41) is 5.32. The fourth-order valence-corrected chi connectivity index (χ4v) is 1.60. The van der Waals surface area contributed by atoms with Gasteiger partial charge in [0.15, 0.2) is 0 Å². The first-order valence-electron chi connectivity index (χ1n) is 9.94. The van der Waals surface area contributed by atoms with Gasteiger partial charge in [0, 0.05) is 11.4 Å². The van der Waals surface area contributed by atoms with Gasteiger partial charge < -0.3 is 10.6 Å². The van der Waals surface area contributed by atoms with Crippen molar-refractivity contribution < 1.29 is 9.59 Å². The second kappa shape index (κ2) is 23.4. The number of hydrogen-bond donors (Lipinski definition) is 2. The maximum atomic E-state index is 11.6. The number of para-hydroxylation sites is 2. The molecule has 2 N–H and O–H groups in total. The van der Waals surface area contributed by atoms with Gasteiger partial charge in [-0.1, -0.05) is 91.8 Å². The number of benzene rings is 2. The number of carbonyl (C=O) groups excluding carboxylic acids is 2. The number of carbonyl (C=O) groups is 2. The average Bonchev–Trinajstić information content (AvgIpc) is 2.75. The molecule has 27 heavy (non-hydrogen) atoms. The minimum Gasteiger partial charge on any atom is -0.326 e. The Labute approximate surface area is 166 Å². The van der Waals surface area contributed by atoms with Gasteiger partial charge in [-0.3, -0.25) is 9.59 Å². The van der Waals surface area contributed by atoms with Crippen molar-refractivity contribution >= 4 is 23.2 Å². The SMILES string of the molecule is CC.CC.CC.CC.O=C(CC(=O)Nc1ccccc1)Nc1ccccc1. The van der Waals surface area contributed by atoms with Crippen LogP contribution in [0.5, 0.6) is 0 Å². The summed E-state index contributed by atoms with van der Waals surface area (Å²) in [7, 11) is 0. The molecule has 0 atom stereocenters. The molecule has 4 heteroatoms. The standard InChI is InChI=1S/C15H14N2O2.4C2H6/c18-14(16-12-7-3-1-4-8-12)11-15(19)17-13-9-5-2-6-10-13;4*1-2/h1-10H,11H2,(H,16,18)(H,17,19);4*1-2H3. The van der Waals surface area contributed by atoms with Crippen molar-refractivity contribution in [1.29, 1.82) is 0 Å². The van der Waals surface area contributed by atoms with Crippen molar-refractivity contribution in [2.24, 2.45) is 0 Å². The van der Waals surface area contributed by atoms with E-state index in [2.05, 4.69) is 10.6 Å². The molecule has 2 aromatic carbocycles. The van der Waals surface area contributed by atoms with Gasteiger partial charge in [0.05, 0.1) is 0 Å². The lowest BCUT2D eigenvalue weighted by Gasteiger charge is -2.06. The van der Waals surface area contributed by atoms with Crippen LogP contribution in [0.4, 0.5) is 11.4 Å². The Balaban J connectivity index is -0.000000638. The Morgan fingerprint density at radius 3 is 1.07 bits per heavy atom. The van der Waals surface area contributed by atoms with E-state index in [1.807, 2.05) is 91.8 Å². The van der Waals surface area contributed by atoms with E-state index in [1.165, 1.54) is 0 Å². The first kappa shape index (κ1) is 29.2. The molecule has 0 aromatic heterocycles. The van der Waals surface area contributed by atoms with Crippen LogP contribution in [0.2, 0.25) is 0 Å². The van der Waals surface area contributed by atoms with Gasteiger partial charge in [0.2, 0.25) is 11.8 Å². The van der Waals surface area contributed by atoms with E-state index in [9.17, 15) is 9.59 Å². The van der Waals surface area contributed by atoms with E-state index in [0.29, 0.717) is 11.4 Å². The average molecular weight is 375 g/mol. The lowest BCUT2D eigenvalue weighted by molar-refractivity contribution is -0.123. The Hall–Kier alpha value is -2.62. The zero-order valence-electron chi connectivity index (χ0n) is 18.3. The zero-order chi connectivity index (χ0) is 21.5. The van der Waals surface area contributed by atoms with Crippen LogP contribution in [0.3, 0.4) is 0 Å². The molecule has 0 fully saturated rings. The van der Waals surface area contributed by atoms with Gasteiger partial charge in [-0.15, -0.1) is 0 Å². The molecule has 0 radical (unpaired) electrons. The fraction of sp³-hybridized carbons (Fsp3) is 0.391. The van der Waals surface area contributed by atoms with E-state index in [4.69, 9.17) is 0 Å². The fourth-order valence-electron chi connectivity index (χ4n) is 1.60. The largest absolute Gasteiger partial charge is 0.326 e. The molecule has 0 bridgehead atoms. The van der Waals surface area contributed by atoms with E-state index < -0.39 is 0 Å². The van der Waals surface area contributed by atoms with E-state index in [0.717, 1.165) is 0 Å². The van der Waals surface area contributed by atoms with Gasteiger partial charge in [-0.25, -0.2) is 0 Å². The summed E-state index contributed by atoms with van der Waals surface area (Å²) in [6.07, 6.45) is -0.205. The molecule has 0 unspecified atom stereocenters. The van der Waals surface area contributed by atoms with Crippen LogP contribution >= 0.6 is 0 Å². The van der Waals surface area contributed by atoms with Crippen LogP contribution in [0, 0.1) is 0 Å². The Bertz CT molecular complexity index is 504. The van der Waals surface area contributed by atoms with E-state index in [-0.39, 0.29) is 18.2 Å². The van der Waals surface area contributed by atoms with Crippen molar-refractivity contribution in [1.82, 2.24) is 0 Å². The van der Waals surface area contributed by atoms with Gasteiger partial charge in [-0.05, 0) is 24.3 Å². The van der Waals surface area contributed by atoms with Gasteiger partial charge in [-0.2, -0.15) is 0 Å². The van der Waals surface area contributed by atoms with Crippen molar-refractivity contribution in [2.75, 3.05) is 10.6 Å². The van der Waals surface area contributed by atoms with Gasteiger partial charge >= 0.3 is 0 Å². The number of nitrogens with one attached hydrogen (secondary N) is 2. The summed E-state index contributed by atoms with van der Waals surface area (Å²) < 4.78 is 0. The maximum Gasteiger partial charge on any atom is 0.233 e. The van der Waals surface area contributed by atoms with Crippen LogP contribution in [0.25, 0.3) is 0 Å². The monoisotopic (exact) mass is 374 g/mol. The Morgan fingerprint density at radius 2 is 0.815 bits per heavy atom. The number of rotatable bonds is 4. The van der Waals surface area contributed by atoms with Crippen molar-refractivity contribution in [3.8, 4) is 0 Å². The lowest BCUT2D eigenvalue weighted by Crippen LogP contribution is -2.21. The summed E-state index contributed by atoms with van der Waals surface area (Å²) in [6.45, 7) is 16.0. The molecule has 0 aliphatic rings. The molecular weight excluding hydrogens is 336 g/mol. The lowest BCUT2D eigenvalue weighted by atomic mass is 10.3. The minimum atomic E-state index is -0.334. The highest BCUT2D eigenvalue weighted by Gasteiger charge is 2.09. The van der Waals surface area contributed by atoms with E-state index in [1.54, 1.807) is 24.3 Å². The number of amides is 2. The van der Waals surface area contributed by atoms with Crippen LogP contribution in [-0.4, -0.2) is 11.8 Å². The smallest absolute Gasteiger partial charge is 0.233 e. The third kappa shape index (κ3) is 16.6. The molecule has 0 spiro atoms. The molecule has 0 aliphatic carbocycles.